The summed E-state index contributed by atoms with van der Waals surface area (Å²) < 4.78 is 11.5. The Morgan fingerprint density at radius 2 is 1.96 bits per heavy atom. The van der Waals surface area contributed by atoms with Crippen molar-refractivity contribution in [1.82, 2.24) is 4.90 Å². The van der Waals surface area contributed by atoms with Gasteiger partial charge in [0.2, 0.25) is 0 Å². The molecule has 1 aromatic carbocycles. The van der Waals surface area contributed by atoms with E-state index in [1.165, 1.54) is 6.07 Å². The summed E-state index contributed by atoms with van der Waals surface area (Å²) in [5.41, 5.74) is 0.00142. The number of rotatable bonds is 3. The van der Waals surface area contributed by atoms with Crippen molar-refractivity contribution in [3.05, 3.63) is 45.7 Å². The zero-order valence-corrected chi connectivity index (χ0v) is 14.7. The van der Waals surface area contributed by atoms with Crippen LogP contribution in [-0.4, -0.2) is 46.8 Å². The molecule has 4 rings (SSSR count). The first-order chi connectivity index (χ1) is 12.6. The molecule has 0 bridgehead atoms. The molecule has 1 saturated carbocycles. The largest absolute Gasteiger partial charge is 0.460 e. The highest BCUT2D eigenvalue weighted by molar-refractivity contribution is 5.52. The summed E-state index contributed by atoms with van der Waals surface area (Å²) in [6.45, 7) is 2.70. The van der Waals surface area contributed by atoms with Crippen LogP contribution in [0.15, 0.2) is 30.0 Å². The predicted octanol–water partition coefficient (Wildman–Crippen LogP) is 2.94. The average molecular weight is 360 g/mol. The van der Waals surface area contributed by atoms with E-state index in [9.17, 15) is 15.2 Å². The Kier molecular flexibility index (Phi) is 4.69. The number of ether oxygens (including phenoxy) is 2. The van der Waals surface area contributed by atoms with Crippen molar-refractivity contribution in [3.8, 4) is 5.75 Å². The molecular weight excluding hydrogens is 336 g/mol. The monoisotopic (exact) mass is 360 g/mol. The minimum atomic E-state index is -0.855. The highest BCUT2D eigenvalue weighted by atomic mass is 16.6. The minimum Gasteiger partial charge on any atom is -0.460 e. The predicted molar refractivity (Wildman–Crippen MR) is 95.0 cm³/mol. The summed E-state index contributed by atoms with van der Waals surface area (Å²) in [6, 6.07) is 4.52. The molecule has 140 valence electrons. The number of aliphatic hydroxyl groups is 1. The fraction of sp³-hybridized carbons (Fsp3) is 0.579. The second-order valence-electron chi connectivity index (χ2n) is 7.34. The number of nitro groups is 1. The van der Waals surface area contributed by atoms with Crippen LogP contribution in [0.1, 0.15) is 43.7 Å². The van der Waals surface area contributed by atoms with Crippen molar-refractivity contribution in [2.24, 2.45) is 0 Å². The van der Waals surface area contributed by atoms with Gasteiger partial charge in [-0.05, 0) is 25.0 Å². The first-order valence-corrected chi connectivity index (χ1v) is 9.29. The highest BCUT2D eigenvalue weighted by Crippen LogP contribution is 2.46. The smallest absolute Gasteiger partial charge is 0.270 e. The van der Waals surface area contributed by atoms with Crippen LogP contribution in [0, 0.1) is 10.1 Å². The van der Waals surface area contributed by atoms with Gasteiger partial charge in [0.1, 0.15) is 11.5 Å². The second kappa shape index (κ2) is 6.98. The molecule has 1 aliphatic carbocycles. The Morgan fingerprint density at radius 1 is 1.23 bits per heavy atom. The lowest BCUT2D eigenvalue weighted by Gasteiger charge is -2.34. The van der Waals surface area contributed by atoms with E-state index in [2.05, 4.69) is 4.90 Å². The first kappa shape index (κ1) is 17.5. The summed E-state index contributed by atoms with van der Waals surface area (Å²) >= 11 is 0. The van der Waals surface area contributed by atoms with E-state index in [-0.39, 0.29) is 16.7 Å². The van der Waals surface area contributed by atoms with Gasteiger partial charge in [0.15, 0.2) is 0 Å². The van der Waals surface area contributed by atoms with Gasteiger partial charge in [0.05, 0.1) is 29.8 Å². The lowest BCUT2D eigenvalue weighted by atomic mass is 9.84. The van der Waals surface area contributed by atoms with Crippen LogP contribution in [0.25, 0.3) is 0 Å². The van der Waals surface area contributed by atoms with E-state index >= 15 is 0 Å². The van der Waals surface area contributed by atoms with Gasteiger partial charge in [-0.3, -0.25) is 15.0 Å². The van der Waals surface area contributed by atoms with E-state index in [0.717, 1.165) is 50.8 Å². The van der Waals surface area contributed by atoms with Crippen molar-refractivity contribution in [3.63, 3.8) is 0 Å². The van der Waals surface area contributed by atoms with Gasteiger partial charge < -0.3 is 14.6 Å². The highest BCUT2D eigenvalue weighted by Gasteiger charge is 2.39. The maximum atomic E-state index is 11.2. The van der Waals surface area contributed by atoms with E-state index in [4.69, 9.17) is 9.47 Å². The minimum absolute atomic E-state index is 0.0586. The Labute approximate surface area is 152 Å². The van der Waals surface area contributed by atoms with Gasteiger partial charge in [-0.2, -0.15) is 0 Å². The first-order valence-electron chi connectivity index (χ1n) is 9.29. The number of nitro benzene ring substituents is 1. The van der Waals surface area contributed by atoms with Crippen LogP contribution in [0.4, 0.5) is 5.69 Å². The fourth-order valence-electron chi connectivity index (χ4n) is 4.19. The van der Waals surface area contributed by atoms with Crippen LogP contribution in [0.3, 0.4) is 0 Å². The Bertz CT molecular complexity index is 721. The van der Waals surface area contributed by atoms with Gasteiger partial charge in [-0.15, -0.1) is 0 Å². The molecule has 2 heterocycles. The molecule has 1 atom stereocenters. The van der Waals surface area contributed by atoms with Gasteiger partial charge >= 0.3 is 0 Å². The number of non-ortho nitro benzene ring substituents is 1. The topological polar surface area (TPSA) is 85.1 Å². The van der Waals surface area contributed by atoms with E-state index in [1.54, 1.807) is 12.1 Å². The molecule has 0 aromatic heterocycles. The Morgan fingerprint density at radius 3 is 2.65 bits per heavy atom. The van der Waals surface area contributed by atoms with Gasteiger partial charge in [-0.25, -0.2) is 0 Å². The normalized spacial score (nSPS) is 27.1. The van der Waals surface area contributed by atoms with E-state index < -0.39 is 5.60 Å². The standard InChI is InChI=1S/C19H24N2O5/c22-19(6-2-1-3-7-19)13-17-18(20-8-10-25-11-9-20)15-12-14(21(23)24)4-5-16(15)26-17/h4-5,12-13,18,22H,1-3,6-11H2/b17-13-/t18-/m1/s1. The van der Waals surface area contributed by atoms with Gasteiger partial charge in [-0.1, -0.05) is 19.3 Å². The molecule has 0 radical (unpaired) electrons. The summed E-state index contributed by atoms with van der Waals surface area (Å²) in [4.78, 5) is 13.0. The van der Waals surface area contributed by atoms with Gasteiger partial charge in [0.25, 0.3) is 5.69 Å². The quantitative estimate of drug-likeness (QED) is 0.659. The number of fused-ring (bicyclic) bond motifs is 1. The number of morpholine rings is 1. The molecule has 26 heavy (non-hydrogen) atoms. The number of hydrogen-bond donors (Lipinski definition) is 1. The lowest BCUT2D eigenvalue weighted by molar-refractivity contribution is -0.384. The van der Waals surface area contributed by atoms with Crippen molar-refractivity contribution < 1.29 is 19.5 Å². The van der Waals surface area contributed by atoms with Crippen molar-refractivity contribution in [2.75, 3.05) is 26.3 Å². The summed E-state index contributed by atoms with van der Waals surface area (Å²) in [6.07, 6.45) is 6.46. The molecule has 7 heteroatoms. The lowest BCUT2D eigenvalue weighted by Crippen LogP contribution is -2.40. The van der Waals surface area contributed by atoms with Crippen molar-refractivity contribution in [1.29, 1.82) is 0 Å². The fourth-order valence-corrected chi connectivity index (χ4v) is 4.19. The molecule has 1 aromatic rings. The summed E-state index contributed by atoms with van der Waals surface area (Å²) in [7, 11) is 0. The van der Waals surface area contributed by atoms with Gasteiger partial charge in [0, 0.05) is 30.8 Å². The number of hydrogen-bond acceptors (Lipinski definition) is 6. The molecular formula is C19H24N2O5. The SMILES string of the molecule is O=[N+]([O-])c1ccc2c(c1)[C@@H](N1CCOCC1)/C(=C/C1(O)CCCCC1)O2. The number of nitrogens with zero attached hydrogens (tertiary/aromatic N) is 2. The molecule has 3 aliphatic rings. The zero-order chi connectivity index (χ0) is 18.1. The summed E-state index contributed by atoms with van der Waals surface area (Å²) in [5.74, 6) is 1.32. The molecule has 0 spiro atoms. The molecule has 2 aliphatic heterocycles. The molecule has 7 nitrogen and oxygen atoms in total. The summed E-state index contributed by atoms with van der Waals surface area (Å²) in [5, 5.41) is 22.2. The van der Waals surface area contributed by atoms with Crippen molar-refractivity contribution >= 4 is 5.69 Å². The second-order valence-corrected chi connectivity index (χ2v) is 7.34. The van der Waals surface area contributed by atoms with Crippen LogP contribution in [-0.2, 0) is 4.74 Å². The molecule has 1 N–H and O–H groups in total. The maximum Gasteiger partial charge on any atom is 0.270 e. The number of benzene rings is 1. The van der Waals surface area contributed by atoms with E-state index in [0.29, 0.717) is 24.7 Å². The maximum absolute atomic E-state index is 11.2. The van der Waals surface area contributed by atoms with Crippen molar-refractivity contribution in [2.45, 2.75) is 43.7 Å². The van der Waals surface area contributed by atoms with Crippen LogP contribution >= 0.6 is 0 Å². The third-order valence-corrected chi connectivity index (χ3v) is 5.54. The average Bonchev–Trinajstić information content (AvgIpc) is 2.99. The van der Waals surface area contributed by atoms with E-state index in [1.807, 2.05) is 6.08 Å². The molecule has 0 amide bonds. The molecule has 2 fully saturated rings. The Balaban J connectivity index is 1.72. The third kappa shape index (κ3) is 3.34. The van der Waals surface area contributed by atoms with Crippen LogP contribution < -0.4 is 4.74 Å². The molecule has 0 unspecified atom stereocenters. The van der Waals surface area contributed by atoms with Crippen LogP contribution in [0.2, 0.25) is 0 Å². The zero-order valence-electron chi connectivity index (χ0n) is 14.7. The third-order valence-electron chi connectivity index (χ3n) is 5.54. The Hall–Kier alpha value is -1.96. The van der Waals surface area contributed by atoms with Crippen LogP contribution in [0.5, 0.6) is 5.75 Å². The molecule has 1 saturated heterocycles.